The number of benzene rings is 2. The van der Waals surface area contributed by atoms with Gasteiger partial charge in [-0.3, -0.25) is 9.52 Å². The van der Waals surface area contributed by atoms with Gasteiger partial charge in [0.2, 0.25) is 10.0 Å². The topological polar surface area (TPSA) is 84.5 Å². The number of amides is 1. The molecular formula is C17H19ClN2O4S. The first-order chi connectivity index (χ1) is 11.6. The predicted octanol–water partition coefficient (Wildman–Crippen LogP) is 3.75. The molecule has 0 atom stereocenters. The largest absolute Gasteiger partial charge is 0.491 e. The monoisotopic (exact) mass is 382 g/mol. The number of ether oxygens (including phenoxy) is 1. The minimum Gasteiger partial charge on any atom is -0.491 e. The summed E-state index contributed by atoms with van der Waals surface area (Å²) in [6, 6.07) is 11.3. The number of sulfonamides is 1. The third kappa shape index (κ3) is 5.95. The van der Waals surface area contributed by atoms with Crippen molar-refractivity contribution in [3.05, 3.63) is 53.1 Å². The summed E-state index contributed by atoms with van der Waals surface area (Å²) >= 11 is 6.10. The van der Waals surface area contributed by atoms with Crippen LogP contribution in [-0.4, -0.2) is 26.7 Å². The Hall–Kier alpha value is -2.25. The van der Waals surface area contributed by atoms with Gasteiger partial charge >= 0.3 is 0 Å². The van der Waals surface area contributed by atoms with Crippen molar-refractivity contribution in [1.82, 2.24) is 0 Å². The summed E-state index contributed by atoms with van der Waals surface area (Å²) in [6.07, 6.45) is 1.06. The SMILES string of the molecule is CC(C)Oc1cccc(NC(=O)c2ccc(NS(C)(=O)=O)cc2Cl)c1. The first-order valence-electron chi connectivity index (χ1n) is 7.49. The van der Waals surface area contributed by atoms with E-state index in [0.29, 0.717) is 11.4 Å². The standard InChI is InChI=1S/C17H19ClN2O4S/c1-11(2)24-14-6-4-5-12(9-14)19-17(21)15-8-7-13(10-16(15)18)20-25(3,22)23/h4-11,20H,1-3H3,(H,19,21). The van der Waals surface area contributed by atoms with E-state index in [1.165, 1.54) is 18.2 Å². The van der Waals surface area contributed by atoms with Crippen LogP contribution in [0.4, 0.5) is 11.4 Å². The molecule has 0 aliphatic carbocycles. The van der Waals surface area contributed by atoms with Crippen LogP contribution in [-0.2, 0) is 10.0 Å². The number of hydrogen-bond acceptors (Lipinski definition) is 4. The highest BCUT2D eigenvalue weighted by molar-refractivity contribution is 7.92. The second kappa shape index (κ2) is 7.76. The van der Waals surface area contributed by atoms with Crippen molar-refractivity contribution in [2.24, 2.45) is 0 Å². The van der Waals surface area contributed by atoms with Crippen LogP contribution in [0.1, 0.15) is 24.2 Å². The lowest BCUT2D eigenvalue weighted by Gasteiger charge is -2.12. The quantitative estimate of drug-likeness (QED) is 0.796. The van der Waals surface area contributed by atoms with Crippen LogP contribution in [0, 0.1) is 0 Å². The molecule has 6 nitrogen and oxygen atoms in total. The summed E-state index contributed by atoms with van der Waals surface area (Å²) in [6.45, 7) is 3.83. The van der Waals surface area contributed by atoms with E-state index in [9.17, 15) is 13.2 Å². The third-order valence-corrected chi connectivity index (χ3v) is 3.90. The van der Waals surface area contributed by atoms with E-state index in [1.54, 1.807) is 24.3 Å². The first kappa shape index (κ1) is 19.1. The zero-order valence-electron chi connectivity index (χ0n) is 14.0. The van der Waals surface area contributed by atoms with Crippen molar-refractivity contribution in [3.63, 3.8) is 0 Å². The molecule has 0 unspecified atom stereocenters. The van der Waals surface area contributed by atoms with Gasteiger partial charge in [-0.05, 0) is 44.2 Å². The Morgan fingerprint density at radius 2 is 1.84 bits per heavy atom. The molecule has 1 amide bonds. The number of halogens is 1. The molecule has 134 valence electrons. The van der Waals surface area contributed by atoms with E-state index in [-0.39, 0.29) is 22.4 Å². The summed E-state index contributed by atoms with van der Waals surface area (Å²) in [5, 5.41) is 2.88. The van der Waals surface area contributed by atoms with Crippen LogP contribution in [0.15, 0.2) is 42.5 Å². The molecule has 0 radical (unpaired) electrons. The Kier molecular flexibility index (Phi) is 5.92. The highest BCUT2D eigenvalue weighted by Crippen LogP contribution is 2.24. The number of anilines is 2. The Labute approximate surface area is 152 Å². The zero-order valence-corrected chi connectivity index (χ0v) is 15.6. The molecule has 2 N–H and O–H groups in total. The average molecular weight is 383 g/mol. The maximum absolute atomic E-state index is 12.4. The Bertz CT molecular complexity index is 882. The Morgan fingerprint density at radius 3 is 2.44 bits per heavy atom. The number of carbonyl (C=O) groups is 1. The van der Waals surface area contributed by atoms with E-state index >= 15 is 0 Å². The fraction of sp³-hybridized carbons (Fsp3) is 0.235. The number of carbonyl (C=O) groups excluding carboxylic acids is 1. The molecule has 0 aromatic heterocycles. The predicted molar refractivity (Wildman–Crippen MR) is 100 cm³/mol. The van der Waals surface area contributed by atoms with Crippen molar-refractivity contribution < 1.29 is 17.9 Å². The van der Waals surface area contributed by atoms with E-state index in [4.69, 9.17) is 16.3 Å². The molecule has 0 saturated heterocycles. The fourth-order valence-corrected chi connectivity index (χ4v) is 2.92. The van der Waals surface area contributed by atoms with Crippen LogP contribution in [0.5, 0.6) is 5.75 Å². The molecule has 0 saturated carbocycles. The second-order valence-electron chi connectivity index (χ2n) is 5.72. The Morgan fingerprint density at radius 1 is 1.12 bits per heavy atom. The molecule has 8 heteroatoms. The molecule has 2 rings (SSSR count). The lowest BCUT2D eigenvalue weighted by Crippen LogP contribution is -2.14. The van der Waals surface area contributed by atoms with Crippen LogP contribution in [0.25, 0.3) is 0 Å². The normalized spacial score (nSPS) is 11.2. The lowest BCUT2D eigenvalue weighted by molar-refractivity contribution is 0.102. The van der Waals surface area contributed by atoms with Crippen molar-refractivity contribution >= 4 is 38.9 Å². The summed E-state index contributed by atoms with van der Waals surface area (Å²) in [5.41, 5.74) is 1.09. The molecule has 0 heterocycles. The van der Waals surface area contributed by atoms with Crippen LogP contribution in [0.2, 0.25) is 5.02 Å². The van der Waals surface area contributed by atoms with Gasteiger partial charge in [0.1, 0.15) is 5.75 Å². The molecule has 0 fully saturated rings. The van der Waals surface area contributed by atoms with E-state index in [2.05, 4.69) is 10.0 Å². The molecule has 0 bridgehead atoms. The fourth-order valence-electron chi connectivity index (χ4n) is 2.09. The molecule has 0 aliphatic rings. The number of rotatable bonds is 6. The smallest absolute Gasteiger partial charge is 0.257 e. The van der Waals surface area contributed by atoms with Gasteiger partial charge in [-0.25, -0.2) is 8.42 Å². The lowest BCUT2D eigenvalue weighted by atomic mass is 10.2. The average Bonchev–Trinajstić information content (AvgIpc) is 2.45. The highest BCUT2D eigenvalue weighted by Gasteiger charge is 2.13. The van der Waals surface area contributed by atoms with E-state index in [1.807, 2.05) is 13.8 Å². The van der Waals surface area contributed by atoms with Crippen LogP contribution in [0.3, 0.4) is 0 Å². The van der Waals surface area contributed by atoms with Gasteiger partial charge in [-0.1, -0.05) is 17.7 Å². The summed E-state index contributed by atoms with van der Waals surface area (Å²) in [7, 11) is -3.41. The maximum Gasteiger partial charge on any atom is 0.257 e. The molecule has 2 aromatic rings. The minimum atomic E-state index is -3.41. The van der Waals surface area contributed by atoms with Gasteiger partial charge in [0, 0.05) is 17.4 Å². The minimum absolute atomic E-state index is 0.0234. The highest BCUT2D eigenvalue weighted by atomic mass is 35.5. The summed E-state index contributed by atoms with van der Waals surface area (Å²) in [4.78, 5) is 12.4. The van der Waals surface area contributed by atoms with Crippen molar-refractivity contribution in [3.8, 4) is 5.75 Å². The van der Waals surface area contributed by atoms with Gasteiger partial charge < -0.3 is 10.1 Å². The Balaban J connectivity index is 2.16. The van der Waals surface area contributed by atoms with E-state index in [0.717, 1.165) is 6.26 Å². The summed E-state index contributed by atoms with van der Waals surface area (Å²) in [5.74, 6) is 0.240. The van der Waals surface area contributed by atoms with Gasteiger partial charge in [0.15, 0.2) is 0 Å². The molecular weight excluding hydrogens is 364 g/mol. The van der Waals surface area contributed by atoms with Gasteiger partial charge in [-0.15, -0.1) is 0 Å². The van der Waals surface area contributed by atoms with Crippen molar-refractivity contribution in [1.29, 1.82) is 0 Å². The van der Waals surface area contributed by atoms with E-state index < -0.39 is 15.9 Å². The van der Waals surface area contributed by atoms with Gasteiger partial charge in [0.05, 0.1) is 22.9 Å². The first-order valence-corrected chi connectivity index (χ1v) is 9.76. The van der Waals surface area contributed by atoms with Crippen LogP contribution >= 0.6 is 11.6 Å². The number of nitrogens with one attached hydrogen (secondary N) is 2. The van der Waals surface area contributed by atoms with Crippen molar-refractivity contribution in [2.45, 2.75) is 20.0 Å². The molecule has 2 aromatic carbocycles. The maximum atomic E-state index is 12.4. The number of hydrogen-bond donors (Lipinski definition) is 2. The van der Waals surface area contributed by atoms with Gasteiger partial charge in [0.25, 0.3) is 5.91 Å². The molecule has 0 spiro atoms. The zero-order chi connectivity index (χ0) is 18.6. The van der Waals surface area contributed by atoms with Crippen LogP contribution < -0.4 is 14.8 Å². The molecule has 25 heavy (non-hydrogen) atoms. The van der Waals surface area contributed by atoms with Gasteiger partial charge in [-0.2, -0.15) is 0 Å². The van der Waals surface area contributed by atoms with Crippen molar-refractivity contribution in [2.75, 3.05) is 16.3 Å². The second-order valence-corrected chi connectivity index (χ2v) is 7.87. The molecule has 0 aliphatic heterocycles. The third-order valence-electron chi connectivity index (χ3n) is 2.98. The summed E-state index contributed by atoms with van der Waals surface area (Å²) < 4.78 is 30.4.